The molecule has 1 saturated heterocycles. The Labute approximate surface area is 179 Å². The molecule has 2 atom stereocenters. The minimum atomic E-state index is -0.378. The first-order valence-corrected chi connectivity index (χ1v) is 11.3. The number of fused-ring (bicyclic) bond motifs is 1. The van der Waals surface area contributed by atoms with E-state index in [-0.39, 0.29) is 53.3 Å². The summed E-state index contributed by atoms with van der Waals surface area (Å²) in [5, 5.41) is 4.18. The molecule has 0 bridgehead atoms. The number of benzene rings is 1. The standard InChI is InChI=1S/C22H26FN3O3S/c1-24-20(27)15-8-6-14(7-9-15)12-26-21(28)19-18(10-11-30-19)25(22(26)29)13-16-4-2-3-5-17(16)23/h2-5,10-11,14-15,18-19H,6-9,12-13H2,1H3,(H,24,27). The minimum absolute atomic E-state index is 0.00975. The molecule has 6 nitrogen and oxygen atoms in total. The van der Waals surface area contributed by atoms with Crippen LogP contribution in [0.3, 0.4) is 0 Å². The summed E-state index contributed by atoms with van der Waals surface area (Å²) in [5.41, 5.74) is 0.440. The van der Waals surface area contributed by atoms with Crippen LogP contribution < -0.4 is 5.32 Å². The van der Waals surface area contributed by atoms with Gasteiger partial charge in [-0.05, 0) is 43.1 Å². The van der Waals surface area contributed by atoms with Crippen LogP contribution in [0.1, 0.15) is 31.2 Å². The lowest BCUT2D eigenvalue weighted by molar-refractivity contribution is -0.132. The van der Waals surface area contributed by atoms with Gasteiger partial charge in [-0.3, -0.25) is 14.5 Å². The van der Waals surface area contributed by atoms with E-state index in [1.165, 1.54) is 22.7 Å². The van der Waals surface area contributed by atoms with Crippen LogP contribution in [0.4, 0.5) is 9.18 Å². The van der Waals surface area contributed by atoms with Gasteiger partial charge < -0.3 is 10.2 Å². The molecule has 30 heavy (non-hydrogen) atoms. The molecular formula is C22H26FN3O3S. The molecular weight excluding hydrogens is 405 g/mol. The molecule has 1 saturated carbocycles. The molecule has 2 unspecified atom stereocenters. The van der Waals surface area contributed by atoms with Crippen molar-refractivity contribution in [2.75, 3.05) is 13.6 Å². The molecule has 1 aromatic carbocycles. The van der Waals surface area contributed by atoms with Crippen LogP contribution in [0.25, 0.3) is 0 Å². The third-order valence-corrected chi connectivity index (χ3v) is 7.45. The molecule has 160 valence electrons. The number of rotatable bonds is 5. The number of urea groups is 1. The molecule has 0 spiro atoms. The summed E-state index contributed by atoms with van der Waals surface area (Å²) in [5.74, 6) is -0.267. The number of nitrogens with one attached hydrogen (secondary N) is 1. The van der Waals surface area contributed by atoms with E-state index in [1.807, 2.05) is 11.5 Å². The average Bonchev–Trinajstić information content (AvgIpc) is 3.25. The predicted octanol–water partition coefficient (Wildman–Crippen LogP) is 3.14. The van der Waals surface area contributed by atoms with Gasteiger partial charge in [0, 0.05) is 25.1 Å². The Bertz CT molecular complexity index is 869. The van der Waals surface area contributed by atoms with E-state index in [4.69, 9.17) is 0 Å². The van der Waals surface area contributed by atoms with Gasteiger partial charge in [0.05, 0.1) is 12.6 Å². The second-order valence-corrected chi connectivity index (χ2v) is 9.21. The van der Waals surface area contributed by atoms with Gasteiger partial charge in [0.2, 0.25) is 11.8 Å². The zero-order valence-corrected chi connectivity index (χ0v) is 17.7. The summed E-state index contributed by atoms with van der Waals surface area (Å²) in [6.45, 7) is 0.487. The molecule has 2 aliphatic heterocycles. The van der Waals surface area contributed by atoms with Gasteiger partial charge in [-0.2, -0.15) is 0 Å². The van der Waals surface area contributed by atoms with Crippen LogP contribution in [0, 0.1) is 17.7 Å². The first-order chi connectivity index (χ1) is 14.5. The van der Waals surface area contributed by atoms with E-state index in [2.05, 4.69) is 5.32 Å². The fraction of sp³-hybridized carbons (Fsp3) is 0.500. The molecule has 1 aromatic rings. The smallest absolute Gasteiger partial charge is 0.327 e. The lowest BCUT2D eigenvalue weighted by Gasteiger charge is -2.43. The molecule has 3 aliphatic rings. The van der Waals surface area contributed by atoms with Crippen LogP contribution in [0.15, 0.2) is 35.7 Å². The number of hydrogen-bond donors (Lipinski definition) is 1. The van der Waals surface area contributed by atoms with Gasteiger partial charge in [0.25, 0.3) is 0 Å². The van der Waals surface area contributed by atoms with Gasteiger partial charge in [-0.25, -0.2) is 9.18 Å². The van der Waals surface area contributed by atoms with Crippen molar-refractivity contribution in [3.63, 3.8) is 0 Å². The number of hydrogen-bond acceptors (Lipinski definition) is 4. The summed E-state index contributed by atoms with van der Waals surface area (Å²) in [4.78, 5) is 41.2. The molecule has 1 N–H and O–H groups in total. The van der Waals surface area contributed by atoms with Gasteiger partial charge in [-0.15, -0.1) is 11.8 Å². The maximum absolute atomic E-state index is 14.2. The Morgan fingerprint density at radius 3 is 2.63 bits per heavy atom. The Hall–Kier alpha value is -2.35. The Kier molecular flexibility index (Phi) is 6.13. The van der Waals surface area contributed by atoms with Crippen LogP contribution in [-0.2, 0) is 16.1 Å². The highest BCUT2D eigenvalue weighted by Crippen LogP contribution is 2.37. The maximum Gasteiger partial charge on any atom is 0.327 e. The molecule has 2 fully saturated rings. The van der Waals surface area contributed by atoms with Crippen LogP contribution in [-0.4, -0.2) is 52.5 Å². The second kappa shape index (κ2) is 8.79. The van der Waals surface area contributed by atoms with Crippen molar-refractivity contribution in [2.45, 2.75) is 43.5 Å². The van der Waals surface area contributed by atoms with Gasteiger partial charge in [0.15, 0.2) is 0 Å². The van der Waals surface area contributed by atoms with Gasteiger partial charge in [0.1, 0.15) is 11.1 Å². The summed E-state index contributed by atoms with van der Waals surface area (Å²) < 4.78 is 14.2. The van der Waals surface area contributed by atoms with Gasteiger partial charge >= 0.3 is 6.03 Å². The lowest BCUT2D eigenvalue weighted by atomic mass is 9.81. The molecule has 4 rings (SSSR count). The highest BCUT2D eigenvalue weighted by atomic mass is 32.2. The van der Waals surface area contributed by atoms with Crippen molar-refractivity contribution in [2.24, 2.45) is 11.8 Å². The van der Waals surface area contributed by atoms with Crippen molar-refractivity contribution in [3.8, 4) is 0 Å². The molecule has 0 radical (unpaired) electrons. The Balaban J connectivity index is 1.48. The predicted molar refractivity (Wildman–Crippen MR) is 113 cm³/mol. The zero-order chi connectivity index (χ0) is 21.3. The normalized spacial score (nSPS) is 28.6. The Morgan fingerprint density at radius 2 is 1.93 bits per heavy atom. The number of nitrogens with zero attached hydrogens (tertiary/aromatic N) is 2. The summed E-state index contributed by atoms with van der Waals surface area (Å²) in [6.07, 6.45) is 5.01. The van der Waals surface area contributed by atoms with E-state index < -0.39 is 0 Å². The quantitative estimate of drug-likeness (QED) is 0.778. The van der Waals surface area contributed by atoms with E-state index in [9.17, 15) is 18.8 Å². The molecule has 1 aliphatic carbocycles. The SMILES string of the molecule is CNC(=O)C1CCC(CN2C(=O)C3SC=CC3N(Cc3ccccc3F)C2=O)CC1. The third-order valence-electron chi connectivity index (χ3n) is 6.36. The minimum Gasteiger partial charge on any atom is -0.359 e. The first-order valence-electron chi connectivity index (χ1n) is 10.4. The lowest BCUT2D eigenvalue weighted by Crippen LogP contribution is -2.62. The van der Waals surface area contributed by atoms with E-state index in [0.29, 0.717) is 12.1 Å². The second-order valence-electron chi connectivity index (χ2n) is 8.16. The van der Waals surface area contributed by atoms with E-state index >= 15 is 0 Å². The molecule has 8 heteroatoms. The molecule has 0 aromatic heterocycles. The first kappa shape index (κ1) is 20.9. The Morgan fingerprint density at radius 1 is 1.20 bits per heavy atom. The van der Waals surface area contributed by atoms with E-state index in [1.54, 1.807) is 30.1 Å². The van der Waals surface area contributed by atoms with Crippen LogP contribution >= 0.6 is 11.8 Å². The van der Waals surface area contributed by atoms with Crippen molar-refractivity contribution < 1.29 is 18.8 Å². The highest BCUT2D eigenvalue weighted by molar-refractivity contribution is 8.03. The van der Waals surface area contributed by atoms with E-state index in [0.717, 1.165) is 25.7 Å². The number of amides is 4. The topological polar surface area (TPSA) is 69.7 Å². The largest absolute Gasteiger partial charge is 0.359 e. The van der Waals surface area contributed by atoms with Crippen molar-refractivity contribution in [1.82, 2.24) is 15.1 Å². The van der Waals surface area contributed by atoms with Crippen LogP contribution in [0.2, 0.25) is 0 Å². The zero-order valence-electron chi connectivity index (χ0n) is 16.9. The van der Waals surface area contributed by atoms with Crippen LogP contribution in [0.5, 0.6) is 0 Å². The fourth-order valence-corrected chi connectivity index (χ4v) is 5.68. The molecule has 4 amide bonds. The maximum atomic E-state index is 14.2. The summed E-state index contributed by atoms with van der Waals surface area (Å²) >= 11 is 1.42. The number of imide groups is 1. The number of halogens is 1. The van der Waals surface area contributed by atoms with Crippen molar-refractivity contribution >= 4 is 29.6 Å². The van der Waals surface area contributed by atoms with Crippen molar-refractivity contribution in [3.05, 3.63) is 47.1 Å². The van der Waals surface area contributed by atoms with Gasteiger partial charge in [-0.1, -0.05) is 24.3 Å². The summed E-state index contributed by atoms with van der Waals surface area (Å²) in [7, 11) is 1.65. The third kappa shape index (κ3) is 3.97. The monoisotopic (exact) mass is 431 g/mol. The molecule has 2 heterocycles. The summed E-state index contributed by atoms with van der Waals surface area (Å²) in [6, 6.07) is 5.71. The fourth-order valence-electron chi connectivity index (χ4n) is 4.61. The number of carbonyl (C=O) groups excluding carboxylic acids is 3. The average molecular weight is 432 g/mol. The highest BCUT2D eigenvalue weighted by Gasteiger charge is 2.47. The number of thioether (sulfide) groups is 1. The number of carbonyl (C=O) groups is 3. The van der Waals surface area contributed by atoms with Crippen molar-refractivity contribution in [1.29, 1.82) is 0 Å².